The third-order valence-electron chi connectivity index (χ3n) is 3.66. The van der Waals surface area contributed by atoms with Crippen molar-refractivity contribution >= 4 is 0 Å². The Bertz CT molecular complexity index is 211. The molecule has 2 atom stereocenters. The van der Waals surface area contributed by atoms with Gasteiger partial charge in [0.15, 0.2) is 0 Å². The lowest BCUT2D eigenvalue weighted by molar-refractivity contribution is 0.0328. The van der Waals surface area contributed by atoms with Gasteiger partial charge in [0.05, 0.1) is 11.7 Å². The van der Waals surface area contributed by atoms with Crippen molar-refractivity contribution in [1.29, 1.82) is 0 Å². The molecule has 0 bridgehead atoms. The number of ether oxygens (including phenoxy) is 1. The Balaban J connectivity index is 2.03. The van der Waals surface area contributed by atoms with Gasteiger partial charge in [0, 0.05) is 6.61 Å². The van der Waals surface area contributed by atoms with Crippen molar-refractivity contribution in [2.24, 2.45) is 5.92 Å². The summed E-state index contributed by atoms with van der Waals surface area (Å²) in [5, 5.41) is 13.7. The molecular formula is C15H31NO2. The van der Waals surface area contributed by atoms with E-state index < -0.39 is 5.60 Å². The van der Waals surface area contributed by atoms with Crippen LogP contribution in [0.5, 0.6) is 0 Å². The van der Waals surface area contributed by atoms with E-state index in [0.29, 0.717) is 12.0 Å². The van der Waals surface area contributed by atoms with E-state index in [2.05, 4.69) is 19.2 Å². The fourth-order valence-corrected chi connectivity index (χ4v) is 2.46. The highest BCUT2D eigenvalue weighted by Gasteiger charge is 2.21. The van der Waals surface area contributed by atoms with E-state index in [0.717, 1.165) is 45.4 Å². The molecule has 2 unspecified atom stereocenters. The molecule has 0 saturated carbocycles. The quantitative estimate of drug-likeness (QED) is 0.624. The molecule has 18 heavy (non-hydrogen) atoms. The molecule has 1 fully saturated rings. The first-order valence-corrected chi connectivity index (χ1v) is 7.54. The average molecular weight is 257 g/mol. The first-order chi connectivity index (χ1) is 8.49. The lowest BCUT2D eigenvalue weighted by atomic mass is 9.94. The molecule has 2 N–H and O–H groups in total. The number of aliphatic hydroxyl groups is 1. The second-order valence-corrected chi connectivity index (χ2v) is 6.37. The molecule has 0 spiro atoms. The maximum atomic E-state index is 10.3. The Kier molecular flexibility index (Phi) is 7.20. The fourth-order valence-electron chi connectivity index (χ4n) is 2.46. The van der Waals surface area contributed by atoms with Gasteiger partial charge < -0.3 is 15.2 Å². The highest BCUT2D eigenvalue weighted by molar-refractivity contribution is 4.75. The number of nitrogens with one attached hydrogen (secondary N) is 1. The number of hydrogen-bond donors (Lipinski definition) is 2. The van der Waals surface area contributed by atoms with E-state index in [1.165, 1.54) is 12.8 Å². The summed E-state index contributed by atoms with van der Waals surface area (Å²) < 4.78 is 5.60. The summed E-state index contributed by atoms with van der Waals surface area (Å²) in [5.74, 6) is 0.675. The van der Waals surface area contributed by atoms with Crippen molar-refractivity contribution in [3.63, 3.8) is 0 Å². The van der Waals surface area contributed by atoms with Gasteiger partial charge in [-0.1, -0.05) is 13.8 Å². The molecular weight excluding hydrogens is 226 g/mol. The van der Waals surface area contributed by atoms with Crippen LogP contribution in [0.25, 0.3) is 0 Å². The standard InChI is InChI=1S/C15H31NO2/c1-13(2)12-16-10-9-15(3,17)8-4-6-14-7-5-11-18-14/h13-14,16-17H,4-12H2,1-3H3. The molecule has 0 radical (unpaired) electrons. The van der Waals surface area contributed by atoms with Crippen LogP contribution in [0.2, 0.25) is 0 Å². The maximum absolute atomic E-state index is 10.3. The van der Waals surface area contributed by atoms with Gasteiger partial charge in [0.2, 0.25) is 0 Å². The van der Waals surface area contributed by atoms with E-state index in [1.807, 2.05) is 6.92 Å². The molecule has 1 saturated heterocycles. The molecule has 1 aliphatic heterocycles. The zero-order valence-corrected chi connectivity index (χ0v) is 12.4. The third-order valence-corrected chi connectivity index (χ3v) is 3.66. The van der Waals surface area contributed by atoms with Gasteiger partial charge in [-0.05, 0) is 64.5 Å². The number of hydrogen-bond acceptors (Lipinski definition) is 3. The van der Waals surface area contributed by atoms with E-state index in [4.69, 9.17) is 4.74 Å². The van der Waals surface area contributed by atoms with Crippen LogP contribution in [0.3, 0.4) is 0 Å². The summed E-state index contributed by atoms with van der Waals surface area (Å²) in [5.41, 5.74) is -0.525. The van der Waals surface area contributed by atoms with Crippen molar-refractivity contribution in [2.75, 3.05) is 19.7 Å². The molecule has 0 aromatic rings. The van der Waals surface area contributed by atoms with Gasteiger partial charge in [0.1, 0.15) is 0 Å². The zero-order valence-electron chi connectivity index (χ0n) is 12.4. The second-order valence-electron chi connectivity index (χ2n) is 6.37. The van der Waals surface area contributed by atoms with Crippen molar-refractivity contribution in [3.05, 3.63) is 0 Å². The summed E-state index contributed by atoms with van der Waals surface area (Å²) in [7, 11) is 0. The summed E-state index contributed by atoms with van der Waals surface area (Å²) in [6, 6.07) is 0. The Hall–Kier alpha value is -0.120. The molecule has 1 rings (SSSR count). The topological polar surface area (TPSA) is 41.5 Å². The summed E-state index contributed by atoms with van der Waals surface area (Å²) in [4.78, 5) is 0. The SMILES string of the molecule is CC(C)CNCCC(C)(O)CCCC1CCCO1. The van der Waals surface area contributed by atoms with E-state index in [-0.39, 0.29) is 0 Å². The molecule has 3 heteroatoms. The molecule has 0 aromatic heterocycles. The lowest BCUT2D eigenvalue weighted by Gasteiger charge is -2.24. The van der Waals surface area contributed by atoms with Crippen molar-refractivity contribution in [3.8, 4) is 0 Å². The van der Waals surface area contributed by atoms with Crippen LogP contribution in [-0.2, 0) is 4.74 Å². The largest absolute Gasteiger partial charge is 0.390 e. The monoisotopic (exact) mass is 257 g/mol. The normalized spacial score (nSPS) is 23.5. The van der Waals surface area contributed by atoms with Crippen molar-refractivity contribution in [2.45, 2.75) is 71.0 Å². The Morgan fingerprint density at radius 2 is 2.17 bits per heavy atom. The lowest BCUT2D eigenvalue weighted by Crippen LogP contribution is -2.31. The Labute approximate surface area is 112 Å². The van der Waals surface area contributed by atoms with Gasteiger partial charge in [-0.25, -0.2) is 0 Å². The molecule has 1 heterocycles. The van der Waals surface area contributed by atoms with E-state index in [1.54, 1.807) is 0 Å². The molecule has 0 aliphatic carbocycles. The van der Waals surface area contributed by atoms with Crippen LogP contribution in [0, 0.1) is 5.92 Å². The zero-order chi connectivity index (χ0) is 13.4. The van der Waals surface area contributed by atoms with Crippen LogP contribution in [0.1, 0.15) is 59.3 Å². The molecule has 0 aromatic carbocycles. The van der Waals surface area contributed by atoms with Gasteiger partial charge in [-0.15, -0.1) is 0 Å². The summed E-state index contributed by atoms with van der Waals surface area (Å²) in [6.45, 7) is 9.23. The van der Waals surface area contributed by atoms with Crippen LogP contribution in [0.4, 0.5) is 0 Å². The van der Waals surface area contributed by atoms with Crippen LogP contribution >= 0.6 is 0 Å². The van der Waals surface area contributed by atoms with Gasteiger partial charge in [-0.3, -0.25) is 0 Å². The summed E-state index contributed by atoms with van der Waals surface area (Å²) >= 11 is 0. The minimum atomic E-state index is -0.525. The first kappa shape index (κ1) is 15.9. The highest BCUT2D eigenvalue weighted by Crippen LogP contribution is 2.22. The fraction of sp³-hybridized carbons (Fsp3) is 1.00. The average Bonchev–Trinajstić information content (AvgIpc) is 2.77. The highest BCUT2D eigenvalue weighted by atomic mass is 16.5. The Morgan fingerprint density at radius 1 is 1.39 bits per heavy atom. The first-order valence-electron chi connectivity index (χ1n) is 7.54. The van der Waals surface area contributed by atoms with Crippen LogP contribution in [0.15, 0.2) is 0 Å². The molecule has 1 aliphatic rings. The predicted octanol–water partition coefficient (Wildman–Crippen LogP) is 2.72. The van der Waals surface area contributed by atoms with Crippen LogP contribution < -0.4 is 5.32 Å². The number of rotatable bonds is 9. The molecule has 3 nitrogen and oxygen atoms in total. The predicted molar refractivity (Wildman–Crippen MR) is 75.8 cm³/mol. The van der Waals surface area contributed by atoms with Gasteiger partial charge in [-0.2, -0.15) is 0 Å². The van der Waals surface area contributed by atoms with E-state index in [9.17, 15) is 5.11 Å². The van der Waals surface area contributed by atoms with Crippen molar-refractivity contribution in [1.82, 2.24) is 5.32 Å². The molecule has 0 amide bonds. The second kappa shape index (κ2) is 8.13. The van der Waals surface area contributed by atoms with Gasteiger partial charge in [0.25, 0.3) is 0 Å². The third kappa shape index (κ3) is 7.34. The van der Waals surface area contributed by atoms with E-state index >= 15 is 0 Å². The van der Waals surface area contributed by atoms with Crippen LogP contribution in [-0.4, -0.2) is 36.5 Å². The molecule has 108 valence electrons. The summed E-state index contributed by atoms with van der Waals surface area (Å²) in [6.07, 6.45) is 6.77. The van der Waals surface area contributed by atoms with Crippen molar-refractivity contribution < 1.29 is 9.84 Å². The maximum Gasteiger partial charge on any atom is 0.0631 e. The minimum absolute atomic E-state index is 0.458. The minimum Gasteiger partial charge on any atom is -0.390 e. The van der Waals surface area contributed by atoms with Gasteiger partial charge >= 0.3 is 0 Å². The smallest absolute Gasteiger partial charge is 0.0631 e. The Morgan fingerprint density at radius 3 is 2.78 bits per heavy atom.